The Bertz CT molecular complexity index is 380. The number of benzene rings is 1. The van der Waals surface area contributed by atoms with E-state index in [4.69, 9.17) is 4.74 Å². The first kappa shape index (κ1) is 14.8. The number of halogens is 1. The predicted molar refractivity (Wildman–Crippen MR) is 83.7 cm³/mol. The Hall–Kier alpha value is -0.580. The molecule has 106 valence electrons. The van der Waals surface area contributed by atoms with Crippen LogP contribution in [0.25, 0.3) is 0 Å². The Labute approximate surface area is 124 Å². The van der Waals surface area contributed by atoms with Crippen molar-refractivity contribution < 1.29 is 4.74 Å². The normalized spacial score (nSPS) is 19.6. The SMILES string of the molecule is CN(CCNc1ccccc1Br)CC1CCCOC1. The third-order valence-corrected chi connectivity index (χ3v) is 4.20. The highest BCUT2D eigenvalue weighted by atomic mass is 79.9. The van der Waals surface area contributed by atoms with Gasteiger partial charge in [-0.1, -0.05) is 12.1 Å². The molecule has 1 atom stereocenters. The van der Waals surface area contributed by atoms with Crippen LogP contribution in [-0.4, -0.2) is 44.8 Å². The number of likely N-dealkylation sites (N-methyl/N-ethyl adjacent to an activating group) is 1. The number of anilines is 1. The van der Waals surface area contributed by atoms with Crippen LogP contribution in [0.1, 0.15) is 12.8 Å². The monoisotopic (exact) mass is 326 g/mol. The Balaban J connectivity index is 1.66. The molecular weight excluding hydrogens is 304 g/mol. The molecular formula is C15H23BrN2O. The van der Waals surface area contributed by atoms with Gasteiger partial charge in [-0.2, -0.15) is 0 Å². The Morgan fingerprint density at radius 1 is 1.42 bits per heavy atom. The maximum atomic E-state index is 5.52. The number of nitrogens with one attached hydrogen (secondary N) is 1. The largest absolute Gasteiger partial charge is 0.383 e. The number of rotatable bonds is 6. The van der Waals surface area contributed by atoms with Gasteiger partial charge >= 0.3 is 0 Å². The highest BCUT2D eigenvalue weighted by Gasteiger charge is 2.15. The maximum Gasteiger partial charge on any atom is 0.0506 e. The van der Waals surface area contributed by atoms with E-state index in [0.29, 0.717) is 5.92 Å². The molecule has 1 unspecified atom stereocenters. The summed E-state index contributed by atoms with van der Waals surface area (Å²) in [5, 5.41) is 3.46. The van der Waals surface area contributed by atoms with Crippen molar-refractivity contribution in [3.8, 4) is 0 Å². The Morgan fingerprint density at radius 2 is 2.26 bits per heavy atom. The van der Waals surface area contributed by atoms with Gasteiger partial charge in [-0.05, 0) is 53.9 Å². The number of ether oxygens (including phenoxy) is 1. The molecule has 0 saturated carbocycles. The molecule has 0 amide bonds. The van der Waals surface area contributed by atoms with Gasteiger partial charge < -0.3 is 15.0 Å². The van der Waals surface area contributed by atoms with Crippen molar-refractivity contribution in [2.24, 2.45) is 5.92 Å². The lowest BCUT2D eigenvalue weighted by atomic mass is 10.0. The van der Waals surface area contributed by atoms with E-state index in [-0.39, 0.29) is 0 Å². The smallest absolute Gasteiger partial charge is 0.0506 e. The van der Waals surface area contributed by atoms with E-state index in [2.05, 4.69) is 51.4 Å². The van der Waals surface area contributed by atoms with Crippen LogP contribution >= 0.6 is 15.9 Å². The van der Waals surface area contributed by atoms with Crippen LogP contribution in [0.15, 0.2) is 28.7 Å². The summed E-state index contributed by atoms with van der Waals surface area (Å²) in [6, 6.07) is 8.24. The summed E-state index contributed by atoms with van der Waals surface area (Å²) in [7, 11) is 2.19. The summed E-state index contributed by atoms with van der Waals surface area (Å²) in [5.74, 6) is 0.710. The molecule has 0 aliphatic carbocycles. The van der Waals surface area contributed by atoms with E-state index in [1.165, 1.54) is 12.8 Å². The molecule has 1 heterocycles. The first-order chi connectivity index (χ1) is 9.25. The molecule has 3 nitrogen and oxygen atoms in total. The van der Waals surface area contributed by atoms with E-state index >= 15 is 0 Å². The average Bonchev–Trinajstić information content (AvgIpc) is 2.42. The zero-order valence-electron chi connectivity index (χ0n) is 11.6. The molecule has 2 rings (SSSR count). The molecule has 0 aromatic heterocycles. The second-order valence-corrected chi connectivity index (χ2v) is 6.11. The summed E-state index contributed by atoms with van der Waals surface area (Å²) in [5.41, 5.74) is 1.16. The Kier molecular flexibility index (Phi) is 6.14. The molecule has 1 fully saturated rings. The molecule has 0 radical (unpaired) electrons. The molecule has 1 aliphatic heterocycles. The van der Waals surface area contributed by atoms with Gasteiger partial charge in [0.15, 0.2) is 0 Å². The van der Waals surface area contributed by atoms with Gasteiger partial charge in [0.05, 0.1) is 6.61 Å². The van der Waals surface area contributed by atoms with E-state index in [1.807, 2.05) is 6.07 Å². The van der Waals surface area contributed by atoms with Crippen LogP contribution < -0.4 is 5.32 Å². The van der Waals surface area contributed by atoms with Crippen LogP contribution in [0.2, 0.25) is 0 Å². The summed E-state index contributed by atoms with van der Waals surface area (Å²) in [4.78, 5) is 2.39. The second kappa shape index (κ2) is 7.88. The number of hydrogen-bond acceptors (Lipinski definition) is 3. The van der Waals surface area contributed by atoms with Gasteiger partial charge in [-0.3, -0.25) is 0 Å². The zero-order chi connectivity index (χ0) is 13.5. The van der Waals surface area contributed by atoms with E-state index in [1.54, 1.807) is 0 Å². The average molecular weight is 327 g/mol. The van der Waals surface area contributed by atoms with Crippen LogP contribution in [0.3, 0.4) is 0 Å². The standard InChI is InChI=1S/C15H23BrN2O/c1-18(11-13-5-4-10-19-12-13)9-8-17-15-7-3-2-6-14(15)16/h2-3,6-7,13,17H,4-5,8-12H2,1H3. The van der Waals surface area contributed by atoms with E-state index < -0.39 is 0 Å². The topological polar surface area (TPSA) is 24.5 Å². The first-order valence-corrected chi connectivity index (χ1v) is 7.79. The van der Waals surface area contributed by atoms with Crippen LogP contribution in [0.4, 0.5) is 5.69 Å². The van der Waals surface area contributed by atoms with Crippen molar-refractivity contribution in [3.63, 3.8) is 0 Å². The van der Waals surface area contributed by atoms with Crippen molar-refractivity contribution >= 4 is 21.6 Å². The first-order valence-electron chi connectivity index (χ1n) is 7.00. The maximum absolute atomic E-state index is 5.52. The number of para-hydroxylation sites is 1. The highest BCUT2D eigenvalue weighted by Crippen LogP contribution is 2.20. The summed E-state index contributed by atoms with van der Waals surface area (Å²) in [6.07, 6.45) is 2.52. The van der Waals surface area contributed by atoms with E-state index in [9.17, 15) is 0 Å². The molecule has 19 heavy (non-hydrogen) atoms. The fourth-order valence-corrected chi connectivity index (χ4v) is 2.89. The minimum atomic E-state index is 0.710. The van der Waals surface area contributed by atoms with Crippen LogP contribution in [0.5, 0.6) is 0 Å². The third-order valence-electron chi connectivity index (χ3n) is 3.51. The van der Waals surface area contributed by atoms with Crippen molar-refractivity contribution in [3.05, 3.63) is 28.7 Å². The van der Waals surface area contributed by atoms with Gasteiger partial charge in [0.25, 0.3) is 0 Å². The molecule has 1 aliphatic rings. The second-order valence-electron chi connectivity index (χ2n) is 5.25. The number of hydrogen-bond donors (Lipinski definition) is 1. The van der Waals surface area contributed by atoms with Gasteiger partial charge in [0, 0.05) is 36.4 Å². The molecule has 4 heteroatoms. The Morgan fingerprint density at radius 3 is 3.00 bits per heavy atom. The van der Waals surface area contributed by atoms with Crippen LogP contribution in [-0.2, 0) is 4.74 Å². The van der Waals surface area contributed by atoms with Gasteiger partial charge in [-0.25, -0.2) is 0 Å². The lowest BCUT2D eigenvalue weighted by Crippen LogP contribution is -2.33. The fraction of sp³-hybridized carbons (Fsp3) is 0.600. The quantitative estimate of drug-likeness (QED) is 0.868. The minimum Gasteiger partial charge on any atom is -0.383 e. The molecule has 1 aromatic rings. The van der Waals surface area contributed by atoms with Crippen LogP contribution in [0, 0.1) is 5.92 Å². The summed E-state index contributed by atoms with van der Waals surface area (Å²) < 4.78 is 6.65. The lowest BCUT2D eigenvalue weighted by Gasteiger charge is -2.27. The van der Waals surface area contributed by atoms with Gasteiger partial charge in [0.2, 0.25) is 0 Å². The van der Waals surface area contributed by atoms with Gasteiger partial charge in [-0.15, -0.1) is 0 Å². The van der Waals surface area contributed by atoms with Crippen molar-refractivity contribution in [2.75, 3.05) is 45.2 Å². The van der Waals surface area contributed by atoms with Gasteiger partial charge in [0.1, 0.15) is 0 Å². The summed E-state index contributed by atoms with van der Waals surface area (Å²) >= 11 is 3.55. The fourth-order valence-electron chi connectivity index (χ4n) is 2.47. The predicted octanol–water partition coefficient (Wildman–Crippen LogP) is 3.22. The summed E-state index contributed by atoms with van der Waals surface area (Å²) in [6.45, 7) is 5.04. The van der Waals surface area contributed by atoms with Crippen molar-refractivity contribution in [1.82, 2.24) is 4.90 Å². The zero-order valence-corrected chi connectivity index (χ0v) is 13.2. The van der Waals surface area contributed by atoms with Crippen molar-refractivity contribution in [1.29, 1.82) is 0 Å². The molecule has 1 N–H and O–H groups in total. The molecule has 1 aromatic carbocycles. The highest BCUT2D eigenvalue weighted by molar-refractivity contribution is 9.10. The van der Waals surface area contributed by atoms with Crippen molar-refractivity contribution in [2.45, 2.75) is 12.8 Å². The lowest BCUT2D eigenvalue weighted by molar-refractivity contribution is 0.0425. The third kappa shape index (κ3) is 5.13. The minimum absolute atomic E-state index is 0.710. The molecule has 1 saturated heterocycles. The number of nitrogens with zero attached hydrogens (tertiary/aromatic N) is 1. The molecule has 0 bridgehead atoms. The molecule has 0 spiro atoms. The van der Waals surface area contributed by atoms with E-state index in [0.717, 1.165) is 43.0 Å².